The van der Waals surface area contributed by atoms with Crippen LogP contribution in [0.15, 0.2) is 45.5 Å². The van der Waals surface area contributed by atoms with Crippen molar-refractivity contribution in [1.82, 2.24) is 0 Å². The average molecular weight is 239 g/mol. The number of hydrogen-bond donors (Lipinski definition) is 1. The zero-order chi connectivity index (χ0) is 9.26. The number of rotatable bonds is 1. The molecule has 0 aliphatic carbocycles. The van der Waals surface area contributed by atoms with Gasteiger partial charge in [-0.15, -0.1) is 0 Å². The summed E-state index contributed by atoms with van der Waals surface area (Å²) in [6, 6.07) is 9.39. The third-order valence-corrected chi connectivity index (χ3v) is 2.50. The first-order chi connectivity index (χ1) is 6.29. The Morgan fingerprint density at radius 3 is 2.46 bits per heavy atom. The van der Waals surface area contributed by atoms with Gasteiger partial charge < -0.3 is 9.52 Å². The zero-order valence-electron chi connectivity index (χ0n) is 6.70. The van der Waals surface area contributed by atoms with Crippen LogP contribution in [0.3, 0.4) is 0 Å². The van der Waals surface area contributed by atoms with Crippen LogP contribution < -0.4 is 0 Å². The molecule has 2 aromatic rings. The molecule has 0 amide bonds. The lowest BCUT2D eigenvalue weighted by molar-refractivity contribution is 0.334. The summed E-state index contributed by atoms with van der Waals surface area (Å²) < 4.78 is 5.75. The van der Waals surface area contributed by atoms with Gasteiger partial charge >= 0.3 is 0 Å². The van der Waals surface area contributed by atoms with Gasteiger partial charge in [0.25, 0.3) is 5.95 Å². The fourth-order valence-electron chi connectivity index (χ4n) is 1.19. The molecule has 0 spiro atoms. The van der Waals surface area contributed by atoms with Gasteiger partial charge in [-0.3, -0.25) is 0 Å². The van der Waals surface area contributed by atoms with Crippen molar-refractivity contribution in [3.05, 3.63) is 41.1 Å². The Balaban J connectivity index is 2.59. The Labute approximate surface area is 83.9 Å². The van der Waals surface area contributed by atoms with Gasteiger partial charge in [-0.1, -0.05) is 34.1 Å². The van der Waals surface area contributed by atoms with Crippen molar-refractivity contribution in [1.29, 1.82) is 0 Å². The summed E-state index contributed by atoms with van der Waals surface area (Å²) in [6.07, 6.45) is 1.46. The second kappa shape index (κ2) is 3.26. The van der Waals surface area contributed by atoms with E-state index >= 15 is 0 Å². The van der Waals surface area contributed by atoms with Crippen molar-refractivity contribution in [2.45, 2.75) is 0 Å². The van der Waals surface area contributed by atoms with Gasteiger partial charge in [0.15, 0.2) is 0 Å². The summed E-state index contributed by atoms with van der Waals surface area (Å²) >= 11 is 3.40. The Morgan fingerprint density at radius 2 is 1.85 bits per heavy atom. The highest BCUT2D eigenvalue weighted by molar-refractivity contribution is 9.10. The monoisotopic (exact) mass is 238 g/mol. The third kappa shape index (κ3) is 1.47. The molecular formula is C10H7BrO2. The first-order valence-electron chi connectivity index (χ1n) is 3.80. The van der Waals surface area contributed by atoms with Crippen LogP contribution in [0.5, 0.6) is 5.95 Å². The first kappa shape index (κ1) is 8.38. The lowest BCUT2D eigenvalue weighted by atomic mass is 10.1. The molecule has 2 rings (SSSR count). The average Bonchev–Trinajstić information content (AvgIpc) is 2.52. The van der Waals surface area contributed by atoms with Gasteiger partial charge in [0.2, 0.25) is 0 Å². The van der Waals surface area contributed by atoms with Crippen molar-refractivity contribution in [2.75, 3.05) is 0 Å². The molecule has 1 heterocycles. The van der Waals surface area contributed by atoms with Gasteiger partial charge in [0.1, 0.15) is 0 Å². The van der Waals surface area contributed by atoms with Crippen LogP contribution in [0.4, 0.5) is 0 Å². The first-order valence-corrected chi connectivity index (χ1v) is 4.59. The Hall–Kier alpha value is -1.22. The van der Waals surface area contributed by atoms with Crippen LogP contribution in [0.2, 0.25) is 0 Å². The van der Waals surface area contributed by atoms with Crippen LogP contribution >= 0.6 is 15.9 Å². The molecule has 0 saturated heterocycles. The van der Waals surface area contributed by atoms with Gasteiger partial charge in [0, 0.05) is 10.0 Å². The van der Waals surface area contributed by atoms with E-state index in [4.69, 9.17) is 4.42 Å². The molecule has 1 aromatic heterocycles. The van der Waals surface area contributed by atoms with Crippen LogP contribution in [-0.2, 0) is 0 Å². The lowest BCUT2D eigenvalue weighted by Gasteiger charge is -2.00. The topological polar surface area (TPSA) is 33.4 Å². The molecule has 0 atom stereocenters. The highest BCUT2D eigenvalue weighted by Crippen LogP contribution is 2.34. The second-order valence-electron chi connectivity index (χ2n) is 2.62. The fraction of sp³-hybridized carbons (Fsp3) is 0. The number of halogens is 1. The molecule has 0 radical (unpaired) electrons. The molecule has 1 aromatic carbocycles. The van der Waals surface area contributed by atoms with Gasteiger partial charge in [0.05, 0.1) is 11.8 Å². The van der Waals surface area contributed by atoms with E-state index < -0.39 is 0 Å². The minimum atomic E-state index is -0.0492. The fourth-order valence-corrected chi connectivity index (χ4v) is 1.68. The van der Waals surface area contributed by atoms with Gasteiger partial charge in [-0.05, 0) is 12.1 Å². The molecule has 0 fully saturated rings. The number of furan rings is 1. The van der Waals surface area contributed by atoms with Gasteiger partial charge in [-0.25, -0.2) is 0 Å². The Bertz CT molecular complexity index is 420. The summed E-state index contributed by atoms with van der Waals surface area (Å²) in [5, 5.41) is 9.34. The van der Waals surface area contributed by atoms with E-state index in [1.807, 2.05) is 24.3 Å². The predicted octanol–water partition coefficient (Wildman–Crippen LogP) is 3.41. The van der Waals surface area contributed by atoms with E-state index in [9.17, 15) is 5.11 Å². The zero-order valence-corrected chi connectivity index (χ0v) is 8.28. The van der Waals surface area contributed by atoms with Crippen molar-refractivity contribution in [3.63, 3.8) is 0 Å². The highest BCUT2D eigenvalue weighted by Gasteiger charge is 2.09. The molecule has 2 nitrogen and oxygen atoms in total. The smallest absolute Gasteiger partial charge is 0.289 e. The van der Waals surface area contributed by atoms with E-state index in [0.29, 0.717) is 5.56 Å². The molecule has 0 aliphatic heterocycles. The molecular weight excluding hydrogens is 232 g/mol. The quantitative estimate of drug-likeness (QED) is 0.827. The predicted molar refractivity (Wildman–Crippen MR) is 53.5 cm³/mol. The minimum Gasteiger partial charge on any atom is -0.480 e. The summed E-state index contributed by atoms with van der Waals surface area (Å²) in [4.78, 5) is 0. The van der Waals surface area contributed by atoms with E-state index in [-0.39, 0.29) is 5.95 Å². The van der Waals surface area contributed by atoms with E-state index in [2.05, 4.69) is 15.9 Å². The number of hydrogen-bond acceptors (Lipinski definition) is 2. The maximum atomic E-state index is 9.34. The summed E-state index contributed by atoms with van der Waals surface area (Å²) in [7, 11) is 0. The van der Waals surface area contributed by atoms with Crippen LogP contribution in [0.1, 0.15) is 0 Å². The van der Waals surface area contributed by atoms with Crippen molar-refractivity contribution >= 4 is 15.9 Å². The normalized spacial score (nSPS) is 10.2. The highest BCUT2D eigenvalue weighted by atomic mass is 79.9. The third-order valence-electron chi connectivity index (χ3n) is 1.81. The lowest BCUT2D eigenvalue weighted by Crippen LogP contribution is -1.75. The molecule has 0 aliphatic rings. The van der Waals surface area contributed by atoms with Crippen molar-refractivity contribution < 1.29 is 9.52 Å². The van der Waals surface area contributed by atoms with E-state index in [1.54, 1.807) is 6.07 Å². The Kier molecular flexibility index (Phi) is 2.10. The largest absolute Gasteiger partial charge is 0.480 e. The SMILES string of the molecule is Oc1occc1-c1ccccc1Br. The molecule has 0 bridgehead atoms. The molecule has 13 heavy (non-hydrogen) atoms. The van der Waals surface area contributed by atoms with Crippen molar-refractivity contribution in [2.24, 2.45) is 0 Å². The summed E-state index contributed by atoms with van der Waals surface area (Å²) in [6.45, 7) is 0. The van der Waals surface area contributed by atoms with E-state index in [1.165, 1.54) is 6.26 Å². The maximum absolute atomic E-state index is 9.34. The minimum absolute atomic E-state index is 0.0492. The number of aromatic hydroxyl groups is 1. The van der Waals surface area contributed by atoms with Crippen LogP contribution in [0, 0.1) is 0 Å². The van der Waals surface area contributed by atoms with Crippen LogP contribution in [0.25, 0.3) is 11.1 Å². The van der Waals surface area contributed by atoms with Crippen molar-refractivity contribution in [3.8, 4) is 17.1 Å². The molecule has 66 valence electrons. The molecule has 0 unspecified atom stereocenters. The number of benzene rings is 1. The molecule has 1 N–H and O–H groups in total. The molecule has 3 heteroatoms. The summed E-state index contributed by atoms with van der Waals surface area (Å²) in [5.41, 5.74) is 1.63. The summed E-state index contributed by atoms with van der Waals surface area (Å²) in [5.74, 6) is -0.0492. The van der Waals surface area contributed by atoms with Gasteiger partial charge in [-0.2, -0.15) is 0 Å². The Morgan fingerprint density at radius 1 is 1.08 bits per heavy atom. The maximum Gasteiger partial charge on any atom is 0.289 e. The van der Waals surface area contributed by atoms with E-state index in [0.717, 1.165) is 10.0 Å². The second-order valence-corrected chi connectivity index (χ2v) is 3.47. The molecule has 0 saturated carbocycles. The van der Waals surface area contributed by atoms with Crippen LogP contribution in [-0.4, -0.2) is 5.11 Å². The standard InChI is InChI=1S/C10H7BrO2/c11-9-4-2-1-3-7(9)8-5-6-13-10(8)12/h1-6,12H.